The number of benzene rings is 1. The number of carbonyl (C=O) groups excluding carboxylic acids is 3. The smallest absolute Gasteiger partial charge is 0.272 e. The molecule has 2 aromatic rings. The lowest BCUT2D eigenvalue weighted by atomic mass is 10.1. The fourth-order valence-corrected chi connectivity index (χ4v) is 2.03. The summed E-state index contributed by atoms with van der Waals surface area (Å²) >= 11 is 3.21. The van der Waals surface area contributed by atoms with Crippen LogP contribution in [0.1, 0.15) is 31.2 Å². The molecule has 0 aliphatic rings. The molecule has 0 spiro atoms. The highest BCUT2D eigenvalue weighted by Gasteiger charge is 2.13. The van der Waals surface area contributed by atoms with Crippen molar-refractivity contribution >= 4 is 39.3 Å². The highest BCUT2D eigenvalue weighted by molar-refractivity contribution is 9.10. The van der Waals surface area contributed by atoms with Gasteiger partial charge in [0.05, 0.1) is 0 Å². The molecule has 2 rings (SSSR count). The fourth-order valence-electron chi connectivity index (χ4n) is 1.68. The third-order valence-electron chi connectivity index (χ3n) is 2.65. The maximum Gasteiger partial charge on any atom is 0.272 e. The summed E-state index contributed by atoms with van der Waals surface area (Å²) in [6.07, 6.45) is 1.60. The Morgan fingerprint density at radius 1 is 1.00 bits per heavy atom. The van der Waals surface area contributed by atoms with Gasteiger partial charge in [-0.15, -0.1) is 0 Å². The van der Waals surface area contributed by atoms with Crippen LogP contribution in [-0.4, -0.2) is 22.7 Å². The van der Waals surface area contributed by atoms with E-state index in [1.54, 1.807) is 12.3 Å². The van der Waals surface area contributed by atoms with Crippen LogP contribution in [0.25, 0.3) is 0 Å². The highest BCUT2D eigenvalue weighted by Crippen LogP contribution is 2.17. The molecule has 1 heterocycles. The first kappa shape index (κ1) is 14.8. The summed E-state index contributed by atoms with van der Waals surface area (Å²) in [4.78, 5) is 37.2. The Bertz CT molecular complexity index is 707. The molecule has 8 heteroatoms. The Morgan fingerprint density at radius 2 is 1.57 bits per heavy atom. The zero-order valence-corrected chi connectivity index (χ0v) is 12.2. The fraction of sp³-hybridized carbons (Fsp3) is 0. The second kappa shape index (κ2) is 5.80. The third-order valence-corrected chi connectivity index (χ3v) is 3.11. The molecule has 1 aromatic heterocycles. The van der Waals surface area contributed by atoms with Crippen LogP contribution < -0.4 is 16.8 Å². The minimum Gasteiger partial charge on any atom is -0.366 e. The molecule has 0 bridgehead atoms. The number of amides is 3. The molecule has 21 heavy (non-hydrogen) atoms. The number of hydrogen-bond acceptors (Lipinski definition) is 3. The first-order valence-electron chi connectivity index (χ1n) is 5.77. The van der Waals surface area contributed by atoms with E-state index in [2.05, 4.69) is 26.2 Å². The molecule has 6 N–H and O–H groups in total. The summed E-state index contributed by atoms with van der Waals surface area (Å²) in [7, 11) is 0. The zero-order valence-electron chi connectivity index (χ0n) is 10.6. The molecule has 0 aliphatic carbocycles. The first-order valence-corrected chi connectivity index (χ1v) is 6.56. The second-order valence-corrected chi connectivity index (χ2v) is 5.13. The molecular formula is C13H11BrN4O3. The molecule has 108 valence electrons. The van der Waals surface area contributed by atoms with E-state index in [-0.39, 0.29) is 16.8 Å². The molecule has 1 aromatic carbocycles. The standard InChI is InChI=1S/C13H11BrN4O3/c14-8-4-10(17-5-8)13(21)18-9-2-6(11(15)19)1-7(3-9)12(16)20/h1-5,17H,(H2,15,19)(H2,16,20)(H,18,21). The number of aromatic nitrogens is 1. The lowest BCUT2D eigenvalue weighted by molar-refractivity contribution is 0.0993. The monoisotopic (exact) mass is 350 g/mol. The van der Waals surface area contributed by atoms with E-state index in [0.29, 0.717) is 5.69 Å². The Morgan fingerprint density at radius 3 is 2.00 bits per heavy atom. The molecule has 0 aliphatic heterocycles. The second-order valence-electron chi connectivity index (χ2n) is 4.21. The minimum absolute atomic E-state index is 0.0780. The van der Waals surface area contributed by atoms with Crippen LogP contribution in [0.15, 0.2) is 34.9 Å². The Kier molecular flexibility index (Phi) is 4.08. The van der Waals surface area contributed by atoms with Crippen molar-refractivity contribution in [2.75, 3.05) is 5.32 Å². The average Bonchev–Trinajstić information content (AvgIpc) is 2.85. The number of hydrogen-bond donors (Lipinski definition) is 4. The lowest BCUT2D eigenvalue weighted by Gasteiger charge is -2.07. The number of anilines is 1. The van der Waals surface area contributed by atoms with E-state index in [1.165, 1.54) is 18.2 Å². The quantitative estimate of drug-likeness (QED) is 0.660. The van der Waals surface area contributed by atoms with Crippen LogP contribution in [0, 0.1) is 0 Å². The highest BCUT2D eigenvalue weighted by atomic mass is 79.9. The first-order chi connectivity index (χ1) is 9.86. The van der Waals surface area contributed by atoms with E-state index in [0.717, 1.165) is 4.47 Å². The number of primary amides is 2. The van der Waals surface area contributed by atoms with Crippen molar-refractivity contribution in [3.8, 4) is 0 Å². The summed E-state index contributed by atoms with van der Waals surface area (Å²) in [5.74, 6) is -1.88. The molecule has 0 fully saturated rings. The van der Waals surface area contributed by atoms with Gasteiger partial charge in [0.25, 0.3) is 5.91 Å². The van der Waals surface area contributed by atoms with Crippen LogP contribution in [0.2, 0.25) is 0 Å². The number of carbonyl (C=O) groups is 3. The molecule has 0 unspecified atom stereocenters. The Hall–Kier alpha value is -2.61. The number of H-pyrrole nitrogens is 1. The number of nitrogens with one attached hydrogen (secondary N) is 2. The van der Waals surface area contributed by atoms with Crippen molar-refractivity contribution in [2.24, 2.45) is 11.5 Å². The summed E-state index contributed by atoms with van der Waals surface area (Å²) in [6, 6.07) is 5.59. The van der Waals surface area contributed by atoms with Gasteiger partial charge in [-0.25, -0.2) is 0 Å². The van der Waals surface area contributed by atoms with Crippen molar-refractivity contribution in [1.29, 1.82) is 0 Å². The largest absolute Gasteiger partial charge is 0.366 e. The van der Waals surface area contributed by atoms with Crippen LogP contribution in [0.4, 0.5) is 5.69 Å². The Labute approximate surface area is 127 Å². The van der Waals surface area contributed by atoms with Gasteiger partial charge in [0.1, 0.15) is 5.69 Å². The average molecular weight is 351 g/mol. The van der Waals surface area contributed by atoms with Gasteiger partial charge < -0.3 is 21.8 Å². The van der Waals surface area contributed by atoms with Gasteiger partial charge in [0.2, 0.25) is 11.8 Å². The summed E-state index contributed by atoms with van der Waals surface area (Å²) < 4.78 is 0.719. The van der Waals surface area contributed by atoms with E-state index >= 15 is 0 Å². The van der Waals surface area contributed by atoms with Crippen LogP contribution >= 0.6 is 15.9 Å². The third kappa shape index (κ3) is 3.48. The SMILES string of the molecule is NC(=O)c1cc(NC(=O)c2cc(Br)c[nH]2)cc(C(N)=O)c1. The zero-order chi connectivity index (χ0) is 15.6. The minimum atomic E-state index is -0.726. The van der Waals surface area contributed by atoms with Gasteiger partial charge in [-0.1, -0.05) is 0 Å². The van der Waals surface area contributed by atoms with Gasteiger partial charge in [0.15, 0.2) is 0 Å². The van der Waals surface area contributed by atoms with Crippen molar-refractivity contribution in [3.05, 3.63) is 51.8 Å². The van der Waals surface area contributed by atoms with Crippen molar-refractivity contribution < 1.29 is 14.4 Å². The van der Waals surface area contributed by atoms with Crippen molar-refractivity contribution in [3.63, 3.8) is 0 Å². The van der Waals surface area contributed by atoms with Gasteiger partial charge >= 0.3 is 0 Å². The van der Waals surface area contributed by atoms with E-state index < -0.39 is 17.7 Å². The number of rotatable bonds is 4. The lowest BCUT2D eigenvalue weighted by Crippen LogP contribution is -2.18. The van der Waals surface area contributed by atoms with Crippen molar-refractivity contribution in [1.82, 2.24) is 4.98 Å². The topological polar surface area (TPSA) is 131 Å². The molecular weight excluding hydrogens is 340 g/mol. The van der Waals surface area contributed by atoms with Gasteiger partial charge in [-0.05, 0) is 40.2 Å². The van der Waals surface area contributed by atoms with Gasteiger partial charge in [0, 0.05) is 27.5 Å². The van der Waals surface area contributed by atoms with E-state index in [4.69, 9.17) is 11.5 Å². The van der Waals surface area contributed by atoms with Crippen molar-refractivity contribution in [2.45, 2.75) is 0 Å². The molecule has 0 saturated heterocycles. The van der Waals surface area contributed by atoms with Gasteiger partial charge in [-0.2, -0.15) is 0 Å². The predicted molar refractivity (Wildman–Crippen MR) is 79.9 cm³/mol. The van der Waals surface area contributed by atoms with Gasteiger partial charge in [-0.3, -0.25) is 14.4 Å². The number of aromatic amines is 1. The summed E-state index contributed by atoms with van der Waals surface area (Å²) in [6.45, 7) is 0. The predicted octanol–water partition coefficient (Wildman–Crippen LogP) is 1.23. The molecule has 0 radical (unpaired) electrons. The summed E-state index contributed by atoms with van der Waals surface area (Å²) in [5.41, 5.74) is 11.1. The maximum atomic E-state index is 12.0. The molecule has 0 saturated carbocycles. The van der Waals surface area contributed by atoms with Crippen LogP contribution in [-0.2, 0) is 0 Å². The van der Waals surface area contributed by atoms with Crippen LogP contribution in [0.3, 0.4) is 0 Å². The number of halogens is 1. The maximum absolute atomic E-state index is 12.0. The summed E-state index contributed by atoms with van der Waals surface area (Å²) in [5, 5.41) is 2.56. The molecule has 3 amide bonds. The molecule has 7 nitrogen and oxygen atoms in total. The molecule has 0 atom stereocenters. The number of nitrogens with two attached hydrogens (primary N) is 2. The van der Waals surface area contributed by atoms with E-state index in [1.807, 2.05) is 0 Å². The normalized spacial score (nSPS) is 10.1. The van der Waals surface area contributed by atoms with E-state index in [9.17, 15) is 14.4 Å². The Balaban J connectivity index is 2.32. The van der Waals surface area contributed by atoms with Crippen LogP contribution in [0.5, 0.6) is 0 Å².